The molecular weight excluding hydrogens is 312 g/mol. The number of carbonyl (C=O) groups is 1. The smallest absolute Gasteiger partial charge is 0.223 e. The summed E-state index contributed by atoms with van der Waals surface area (Å²) in [6.07, 6.45) is 13.3. The minimum atomic E-state index is 0.335. The third-order valence-electron chi connectivity index (χ3n) is 5.73. The molecule has 2 aliphatic rings. The zero-order valence-electron chi connectivity index (χ0n) is 15.8. The molecule has 0 N–H and O–H groups in total. The standard InChI is InChI=1S/C20H34N4O/c1-2-3-13-23-16-10-21-20(23)18-8-7-14-24(17-18)19(25)9-15-22-11-5-4-6-12-22/h10,16,18H,2-9,11-15,17H2,1H3/t18-/m0/s1. The third-order valence-corrected chi connectivity index (χ3v) is 5.73. The Hall–Kier alpha value is -1.36. The zero-order valence-corrected chi connectivity index (χ0v) is 15.8. The van der Waals surface area contributed by atoms with Gasteiger partial charge in [-0.3, -0.25) is 4.79 Å². The maximum Gasteiger partial charge on any atom is 0.223 e. The van der Waals surface area contributed by atoms with Crippen LogP contribution in [0.3, 0.4) is 0 Å². The summed E-state index contributed by atoms with van der Waals surface area (Å²) in [5, 5.41) is 0. The highest BCUT2D eigenvalue weighted by Gasteiger charge is 2.27. The minimum absolute atomic E-state index is 0.335. The molecule has 0 saturated carbocycles. The molecule has 1 aromatic rings. The molecular formula is C20H34N4O. The molecule has 5 heteroatoms. The molecule has 140 valence electrons. The quantitative estimate of drug-likeness (QED) is 0.761. The Bertz CT molecular complexity index is 536. The van der Waals surface area contributed by atoms with Crippen molar-refractivity contribution in [2.45, 2.75) is 70.8 Å². The first-order valence-electron chi connectivity index (χ1n) is 10.3. The summed E-state index contributed by atoms with van der Waals surface area (Å²) in [4.78, 5) is 21.9. The van der Waals surface area contributed by atoms with Crippen molar-refractivity contribution in [3.63, 3.8) is 0 Å². The molecule has 0 aromatic carbocycles. The van der Waals surface area contributed by atoms with Crippen molar-refractivity contribution in [3.8, 4) is 0 Å². The van der Waals surface area contributed by atoms with E-state index in [0.29, 0.717) is 18.2 Å². The molecule has 0 radical (unpaired) electrons. The van der Waals surface area contributed by atoms with Crippen LogP contribution in [0.25, 0.3) is 0 Å². The number of likely N-dealkylation sites (tertiary alicyclic amines) is 2. The highest BCUT2D eigenvalue weighted by atomic mass is 16.2. The van der Waals surface area contributed by atoms with Crippen LogP contribution in [0.4, 0.5) is 0 Å². The van der Waals surface area contributed by atoms with E-state index < -0.39 is 0 Å². The van der Waals surface area contributed by atoms with Gasteiger partial charge in [0.05, 0.1) is 0 Å². The van der Waals surface area contributed by atoms with Crippen molar-refractivity contribution in [2.75, 3.05) is 32.7 Å². The largest absolute Gasteiger partial charge is 0.342 e. The van der Waals surface area contributed by atoms with Gasteiger partial charge in [-0.15, -0.1) is 0 Å². The first-order valence-corrected chi connectivity index (χ1v) is 10.3. The number of hydrogen-bond acceptors (Lipinski definition) is 3. The maximum atomic E-state index is 12.7. The molecule has 0 unspecified atom stereocenters. The average Bonchev–Trinajstić information content (AvgIpc) is 3.14. The van der Waals surface area contributed by atoms with Crippen molar-refractivity contribution >= 4 is 5.91 Å². The number of aryl methyl sites for hydroxylation is 1. The van der Waals surface area contributed by atoms with Gasteiger partial charge < -0.3 is 14.4 Å². The number of unbranched alkanes of at least 4 members (excludes halogenated alkanes) is 1. The van der Waals surface area contributed by atoms with Crippen LogP contribution in [0.15, 0.2) is 12.4 Å². The van der Waals surface area contributed by atoms with Gasteiger partial charge in [-0.1, -0.05) is 19.8 Å². The van der Waals surface area contributed by atoms with Gasteiger partial charge >= 0.3 is 0 Å². The van der Waals surface area contributed by atoms with Crippen molar-refractivity contribution in [1.82, 2.24) is 19.4 Å². The number of carbonyl (C=O) groups excluding carboxylic acids is 1. The molecule has 3 rings (SSSR count). The van der Waals surface area contributed by atoms with Crippen LogP contribution in [0.2, 0.25) is 0 Å². The van der Waals surface area contributed by atoms with Gasteiger partial charge in [0, 0.05) is 50.9 Å². The van der Waals surface area contributed by atoms with E-state index in [1.807, 2.05) is 6.20 Å². The van der Waals surface area contributed by atoms with Gasteiger partial charge in [-0.2, -0.15) is 0 Å². The SMILES string of the molecule is CCCCn1ccnc1[C@H]1CCCN(C(=O)CCN2CCCCC2)C1. The first-order chi connectivity index (χ1) is 12.3. The number of aromatic nitrogens is 2. The van der Waals surface area contributed by atoms with Crippen LogP contribution in [0.1, 0.15) is 70.0 Å². The van der Waals surface area contributed by atoms with Crippen LogP contribution in [0, 0.1) is 0 Å². The number of hydrogen-bond donors (Lipinski definition) is 0. The number of piperidine rings is 2. The Morgan fingerprint density at radius 3 is 2.80 bits per heavy atom. The van der Waals surface area contributed by atoms with Crippen molar-refractivity contribution in [3.05, 3.63) is 18.2 Å². The lowest BCUT2D eigenvalue weighted by atomic mass is 9.96. The Kier molecular flexibility index (Phi) is 6.91. The van der Waals surface area contributed by atoms with E-state index >= 15 is 0 Å². The summed E-state index contributed by atoms with van der Waals surface area (Å²) < 4.78 is 2.30. The highest BCUT2D eigenvalue weighted by Crippen LogP contribution is 2.26. The van der Waals surface area contributed by atoms with E-state index in [1.54, 1.807) is 0 Å². The lowest BCUT2D eigenvalue weighted by molar-refractivity contribution is -0.132. The van der Waals surface area contributed by atoms with Crippen LogP contribution in [-0.2, 0) is 11.3 Å². The normalized spacial score (nSPS) is 22.3. The Morgan fingerprint density at radius 1 is 1.16 bits per heavy atom. The van der Waals surface area contributed by atoms with Crippen molar-refractivity contribution in [1.29, 1.82) is 0 Å². The average molecular weight is 347 g/mol. The fourth-order valence-electron chi connectivity index (χ4n) is 4.21. The fraction of sp³-hybridized carbons (Fsp3) is 0.800. The molecule has 0 aliphatic carbocycles. The predicted molar refractivity (Wildman–Crippen MR) is 101 cm³/mol. The Balaban J connectivity index is 1.52. The van der Waals surface area contributed by atoms with Gasteiger partial charge in [0.1, 0.15) is 5.82 Å². The van der Waals surface area contributed by atoms with Crippen LogP contribution in [-0.4, -0.2) is 58.0 Å². The topological polar surface area (TPSA) is 41.4 Å². The van der Waals surface area contributed by atoms with Gasteiger partial charge in [0.2, 0.25) is 5.91 Å². The predicted octanol–water partition coefficient (Wildman–Crippen LogP) is 3.27. The number of amides is 1. The minimum Gasteiger partial charge on any atom is -0.342 e. The highest BCUT2D eigenvalue weighted by molar-refractivity contribution is 5.76. The van der Waals surface area contributed by atoms with Crippen molar-refractivity contribution in [2.24, 2.45) is 0 Å². The monoisotopic (exact) mass is 346 g/mol. The van der Waals surface area contributed by atoms with E-state index in [4.69, 9.17) is 0 Å². The maximum absolute atomic E-state index is 12.7. The summed E-state index contributed by atoms with van der Waals surface area (Å²) in [6, 6.07) is 0. The van der Waals surface area contributed by atoms with E-state index in [0.717, 1.165) is 39.0 Å². The van der Waals surface area contributed by atoms with Gasteiger partial charge in [-0.25, -0.2) is 4.98 Å². The molecule has 2 aliphatic heterocycles. The number of imidazole rings is 1. The molecule has 0 bridgehead atoms. The lowest BCUT2D eigenvalue weighted by Crippen LogP contribution is -2.41. The summed E-state index contributed by atoms with van der Waals surface area (Å²) in [5.74, 6) is 1.92. The summed E-state index contributed by atoms with van der Waals surface area (Å²) >= 11 is 0. The molecule has 5 nitrogen and oxygen atoms in total. The Labute approximate surface area is 152 Å². The second kappa shape index (κ2) is 9.37. The molecule has 1 amide bonds. The number of nitrogens with zero attached hydrogens (tertiary/aromatic N) is 4. The second-order valence-corrected chi connectivity index (χ2v) is 7.66. The molecule has 0 spiro atoms. The van der Waals surface area contributed by atoms with Crippen molar-refractivity contribution < 1.29 is 4.79 Å². The molecule has 2 fully saturated rings. The molecule has 1 atom stereocenters. The summed E-state index contributed by atoms with van der Waals surface area (Å²) in [6.45, 7) is 8.32. The zero-order chi connectivity index (χ0) is 17.5. The second-order valence-electron chi connectivity index (χ2n) is 7.66. The third kappa shape index (κ3) is 5.06. The van der Waals surface area contributed by atoms with Crippen LogP contribution in [0.5, 0.6) is 0 Å². The first kappa shape index (κ1) is 18.4. The van der Waals surface area contributed by atoms with Crippen LogP contribution < -0.4 is 0 Å². The molecule has 3 heterocycles. The van der Waals surface area contributed by atoms with E-state index in [1.165, 1.54) is 51.0 Å². The fourth-order valence-corrected chi connectivity index (χ4v) is 4.21. The molecule has 2 saturated heterocycles. The number of rotatable bonds is 7. The Morgan fingerprint density at radius 2 is 2.00 bits per heavy atom. The van der Waals surface area contributed by atoms with E-state index in [2.05, 4.69) is 32.5 Å². The summed E-state index contributed by atoms with van der Waals surface area (Å²) in [7, 11) is 0. The molecule has 1 aromatic heterocycles. The van der Waals surface area contributed by atoms with E-state index in [-0.39, 0.29) is 0 Å². The summed E-state index contributed by atoms with van der Waals surface area (Å²) in [5.41, 5.74) is 0. The molecule has 25 heavy (non-hydrogen) atoms. The van der Waals surface area contributed by atoms with Gasteiger partial charge in [0.15, 0.2) is 0 Å². The van der Waals surface area contributed by atoms with E-state index in [9.17, 15) is 4.79 Å². The van der Waals surface area contributed by atoms with Crippen LogP contribution >= 0.6 is 0 Å². The van der Waals surface area contributed by atoms with Gasteiger partial charge in [0.25, 0.3) is 0 Å². The van der Waals surface area contributed by atoms with Gasteiger partial charge in [-0.05, 0) is 45.2 Å². The lowest BCUT2D eigenvalue weighted by Gasteiger charge is -2.34.